The van der Waals surface area contributed by atoms with Gasteiger partial charge in [-0.3, -0.25) is 14.6 Å². The molecule has 0 fully saturated rings. The average Bonchev–Trinajstić information content (AvgIpc) is 2.97. The summed E-state index contributed by atoms with van der Waals surface area (Å²) in [7, 11) is 0. The van der Waals surface area contributed by atoms with Crippen LogP contribution in [0, 0.1) is 0 Å². The Bertz CT molecular complexity index is 1060. The number of pyridine rings is 1. The lowest BCUT2D eigenvalue weighted by molar-refractivity contribution is -0.135. The summed E-state index contributed by atoms with van der Waals surface area (Å²) in [4.78, 5) is 31.3. The number of aromatic nitrogens is 1. The topological polar surface area (TPSA) is 70.5 Å². The molecular formula is C24H20N2O3. The van der Waals surface area contributed by atoms with Crippen molar-refractivity contribution in [1.29, 1.82) is 0 Å². The number of hydrogen-bond donors (Lipinski definition) is 1. The zero-order valence-corrected chi connectivity index (χ0v) is 15.7. The van der Waals surface area contributed by atoms with Crippen LogP contribution < -0.4 is 4.90 Å². The zero-order chi connectivity index (χ0) is 20.3. The largest absolute Gasteiger partial charge is 0.375 e. The van der Waals surface area contributed by atoms with E-state index in [0.717, 1.165) is 5.56 Å². The average molecular weight is 384 g/mol. The number of aliphatic hydroxyl groups is 1. The van der Waals surface area contributed by atoms with Crippen molar-refractivity contribution in [3.05, 3.63) is 102 Å². The molecule has 5 nitrogen and oxygen atoms in total. The normalized spacial score (nSPS) is 18.2. The van der Waals surface area contributed by atoms with Gasteiger partial charge in [-0.15, -0.1) is 0 Å². The number of amides is 1. The van der Waals surface area contributed by atoms with Gasteiger partial charge in [-0.2, -0.15) is 0 Å². The van der Waals surface area contributed by atoms with Crippen molar-refractivity contribution < 1.29 is 14.7 Å². The van der Waals surface area contributed by atoms with Crippen LogP contribution in [0.5, 0.6) is 0 Å². The van der Waals surface area contributed by atoms with Crippen molar-refractivity contribution in [2.75, 3.05) is 11.4 Å². The molecule has 144 valence electrons. The van der Waals surface area contributed by atoms with Gasteiger partial charge >= 0.3 is 0 Å². The predicted molar refractivity (Wildman–Crippen MR) is 111 cm³/mol. The number of anilines is 1. The number of benzene rings is 2. The molecule has 0 radical (unpaired) electrons. The van der Waals surface area contributed by atoms with Crippen LogP contribution in [0.15, 0.2) is 85.2 Å². The molecule has 1 aliphatic heterocycles. The van der Waals surface area contributed by atoms with Crippen molar-refractivity contribution in [2.24, 2.45) is 0 Å². The van der Waals surface area contributed by atoms with Gasteiger partial charge in [0.15, 0.2) is 11.4 Å². The maximum atomic E-state index is 13.2. The second-order valence-corrected chi connectivity index (χ2v) is 6.95. The Kier molecular flexibility index (Phi) is 5.06. The maximum Gasteiger partial charge on any atom is 0.264 e. The Morgan fingerprint density at radius 2 is 1.79 bits per heavy atom. The minimum absolute atomic E-state index is 0.300. The van der Waals surface area contributed by atoms with E-state index in [9.17, 15) is 14.7 Å². The van der Waals surface area contributed by atoms with Crippen LogP contribution in [-0.2, 0) is 10.4 Å². The Labute approximate surface area is 169 Å². The van der Waals surface area contributed by atoms with Gasteiger partial charge in [0.25, 0.3) is 5.91 Å². The first-order valence-electron chi connectivity index (χ1n) is 9.38. The van der Waals surface area contributed by atoms with Crippen LogP contribution in [0.25, 0.3) is 6.08 Å². The fourth-order valence-corrected chi connectivity index (χ4v) is 3.58. The van der Waals surface area contributed by atoms with Gasteiger partial charge in [-0.1, -0.05) is 60.7 Å². The Morgan fingerprint density at radius 1 is 1.03 bits per heavy atom. The standard InChI is InChI=1S/C24H20N2O3/c27-22(19-11-6-14-25-17-19)16-24(29)20-12-4-5-13-21(20)26(23(24)28)15-7-10-18-8-2-1-3-9-18/h1-14,17,29H,15-16H2/b10-7+/t24-/m0/s1. The zero-order valence-electron chi connectivity index (χ0n) is 15.7. The number of fused-ring (bicyclic) bond motifs is 1. The lowest BCUT2D eigenvalue weighted by Gasteiger charge is -2.22. The first-order valence-corrected chi connectivity index (χ1v) is 9.38. The number of rotatable bonds is 6. The maximum absolute atomic E-state index is 13.2. The number of hydrogen-bond acceptors (Lipinski definition) is 4. The molecule has 5 heteroatoms. The first-order chi connectivity index (χ1) is 14.1. The number of nitrogens with zero attached hydrogens (tertiary/aromatic N) is 2. The second kappa shape index (κ2) is 7.81. The minimum Gasteiger partial charge on any atom is -0.375 e. The smallest absolute Gasteiger partial charge is 0.264 e. The summed E-state index contributed by atoms with van der Waals surface area (Å²) in [5.41, 5.74) is 0.583. The van der Waals surface area contributed by atoms with E-state index in [1.807, 2.05) is 48.6 Å². The van der Waals surface area contributed by atoms with Crippen LogP contribution in [0.3, 0.4) is 0 Å². The van der Waals surface area contributed by atoms with E-state index in [4.69, 9.17) is 0 Å². The van der Waals surface area contributed by atoms with Crippen LogP contribution >= 0.6 is 0 Å². The van der Waals surface area contributed by atoms with Gasteiger partial charge in [0, 0.05) is 30.1 Å². The van der Waals surface area contributed by atoms with Crippen molar-refractivity contribution in [3.63, 3.8) is 0 Å². The molecule has 0 saturated carbocycles. The molecule has 1 amide bonds. The minimum atomic E-state index is -1.88. The lowest BCUT2D eigenvalue weighted by atomic mass is 9.88. The van der Waals surface area contributed by atoms with Crippen molar-refractivity contribution in [2.45, 2.75) is 12.0 Å². The molecule has 1 aliphatic rings. The van der Waals surface area contributed by atoms with Gasteiger partial charge in [0.05, 0.1) is 12.1 Å². The van der Waals surface area contributed by atoms with Gasteiger partial charge in [-0.25, -0.2) is 0 Å². The number of Topliss-reactive ketones (excluding diaryl/α,β-unsaturated/α-hetero) is 1. The van der Waals surface area contributed by atoms with Crippen LogP contribution in [0.2, 0.25) is 0 Å². The van der Waals surface area contributed by atoms with E-state index < -0.39 is 11.5 Å². The van der Waals surface area contributed by atoms with Crippen LogP contribution in [-0.4, -0.2) is 28.3 Å². The fraction of sp³-hybridized carbons (Fsp3) is 0.125. The van der Waals surface area contributed by atoms with E-state index in [1.165, 1.54) is 11.1 Å². The Balaban J connectivity index is 1.60. The molecule has 1 aromatic heterocycles. The summed E-state index contributed by atoms with van der Waals surface area (Å²) in [6.45, 7) is 0.300. The van der Waals surface area contributed by atoms with Gasteiger partial charge in [0.2, 0.25) is 0 Å². The second-order valence-electron chi connectivity index (χ2n) is 6.95. The third kappa shape index (κ3) is 3.60. The molecule has 2 aromatic carbocycles. The third-order valence-corrected chi connectivity index (χ3v) is 5.04. The van der Waals surface area contributed by atoms with E-state index >= 15 is 0 Å². The van der Waals surface area contributed by atoms with E-state index in [-0.39, 0.29) is 12.2 Å². The number of carbonyl (C=O) groups excluding carboxylic acids is 2. The molecule has 0 bridgehead atoms. The van der Waals surface area contributed by atoms with Gasteiger partial charge < -0.3 is 10.0 Å². The van der Waals surface area contributed by atoms with Gasteiger partial charge in [-0.05, 0) is 23.8 Å². The summed E-state index contributed by atoms with van der Waals surface area (Å²) >= 11 is 0. The monoisotopic (exact) mass is 384 g/mol. The van der Waals surface area contributed by atoms with Crippen molar-refractivity contribution in [3.8, 4) is 0 Å². The highest BCUT2D eigenvalue weighted by Crippen LogP contribution is 2.42. The fourth-order valence-electron chi connectivity index (χ4n) is 3.58. The van der Waals surface area contributed by atoms with Gasteiger partial charge in [0.1, 0.15) is 0 Å². The molecule has 1 atom stereocenters. The molecule has 0 spiro atoms. The SMILES string of the molecule is O=C(C[C@@]1(O)C(=O)N(C/C=C/c2ccccc2)c2ccccc21)c1cccnc1. The molecule has 0 saturated heterocycles. The highest BCUT2D eigenvalue weighted by atomic mass is 16.3. The van der Waals surface area contributed by atoms with Crippen LogP contribution in [0.4, 0.5) is 5.69 Å². The summed E-state index contributed by atoms with van der Waals surface area (Å²) in [5.74, 6) is -0.820. The predicted octanol–water partition coefficient (Wildman–Crippen LogP) is 3.60. The molecule has 3 aromatic rings. The molecule has 4 rings (SSSR count). The van der Waals surface area contributed by atoms with E-state index in [2.05, 4.69) is 4.98 Å². The highest BCUT2D eigenvalue weighted by Gasteiger charge is 2.50. The molecule has 1 N–H and O–H groups in total. The van der Waals surface area contributed by atoms with Crippen LogP contribution in [0.1, 0.15) is 27.9 Å². The molecule has 2 heterocycles. The Morgan fingerprint density at radius 3 is 2.55 bits per heavy atom. The Hall–Kier alpha value is -3.57. The number of para-hydroxylation sites is 1. The number of ketones is 1. The molecular weight excluding hydrogens is 364 g/mol. The third-order valence-electron chi connectivity index (χ3n) is 5.04. The van der Waals surface area contributed by atoms with E-state index in [0.29, 0.717) is 23.4 Å². The molecule has 0 aliphatic carbocycles. The van der Waals surface area contributed by atoms with E-state index in [1.54, 1.807) is 36.5 Å². The van der Waals surface area contributed by atoms with Crippen molar-refractivity contribution in [1.82, 2.24) is 4.98 Å². The first kappa shape index (κ1) is 18.8. The number of carbonyl (C=O) groups is 2. The summed E-state index contributed by atoms with van der Waals surface area (Å²) < 4.78 is 0. The summed E-state index contributed by atoms with van der Waals surface area (Å²) in [6, 6.07) is 20.1. The molecule has 0 unspecified atom stereocenters. The van der Waals surface area contributed by atoms with Crippen molar-refractivity contribution >= 4 is 23.5 Å². The highest BCUT2D eigenvalue weighted by molar-refractivity contribution is 6.10. The molecule has 29 heavy (non-hydrogen) atoms. The summed E-state index contributed by atoms with van der Waals surface area (Å²) in [6.07, 6.45) is 6.49. The quantitative estimate of drug-likeness (QED) is 0.659. The summed E-state index contributed by atoms with van der Waals surface area (Å²) in [5, 5.41) is 11.3. The lowest BCUT2D eigenvalue weighted by Crippen LogP contribution is -2.42.